The minimum atomic E-state index is -0.808. The van der Waals surface area contributed by atoms with Crippen LogP contribution in [0.5, 0.6) is 11.5 Å². The van der Waals surface area contributed by atoms with Gasteiger partial charge in [-0.1, -0.05) is 54.1 Å². The third-order valence-electron chi connectivity index (χ3n) is 5.89. The number of non-ortho nitro benzene ring substituents is 1. The fraction of sp³-hybridized carbons (Fsp3) is 0.0345. The predicted molar refractivity (Wildman–Crippen MR) is 150 cm³/mol. The van der Waals surface area contributed by atoms with Crippen LogP contribution in [0.25, 0.3) is 22.3 Å². The molecule has 0 unspecified atom stereocenters. The molecule has 0 radical (unpaired) electrons. The van der Waals surface area contributed by atoms with Crippen molar-refractivity contribution in [3.8, 4) is 22.9 Å². The number of nitro groups is 1. The molecule has 11 heteroatoms. The molecule has 40 heavy (non-hydrogen) atoms. The van der Waals surface area contributed by atoms with Crippen molar-refractivity contribution in [3.05, 3.63) is 128 Å². The summed E-state index contributed by atoms with van der Waals surface area (Å²) in [4.78, 5) is 42.0. The topological polar surface area (TPSA) is 126 Å². The van der Waals surface area contributed by atoms with Gasteiger partial charge in [0.15, 0.2) is 5.82 Å². The Bertz CT molecular complexity index is 1850. The van der Waals surface area contributed by atoms with Crippen molar-refractivity contribution in [2.24, 2.45) is 5.10 Å². The van der Waals surface area contributed by atoms with E-state index in [0.29, 0.717) is 16.5 Å². The van der Waals surface area contributed by atoms with Crippen LogP contribution in [-0.4, -0.2) is 33.9 Å². The maximum atomic E-state index is 13.5. The number of nitro benzene ring substituents is 1. The smallest absolute Gasteiger partial charge is 0.347 e. The fourth-order valence-corrected chi connectivity index (χ4v) is 4.13. The average Bonchev–Trinajstić information content (AvgIpc) is 2.97. The van der Waals surface area contributed by atoms with Gasteiger partial charge in [0.2, 0.25) is 0 Å². The van der Waals surface area contributed by atoms with Gasteiger partial charge in [-0.25, -0.2) is 9.78 Å². The number of nitrogens with zero attached hydrogens (tertiary/aromatic N) is 4. The first-order valence-corrected chi connectivity index (χ1v) is 12.2. The van der Waals surface area contributed by atoms with Gasteiger partial charge >= 0.3 is 5.97 Å². The molecule has 0 saturated heterocycles. The summed E-state index contributed by atoms with van der Waals surface area (Å²) in [5.41, 5.74) is 0.516. The summed E-state index contributed by atoms with van der Waals surface area (Å²) < 4.78 is 11.9. The van der Waals surface area contributed by atoms with Crippen molar-refractivity contribution in [1.29, 1.82) is 0 Å². The molecule has 5 rings (SSSR count). The van der Waals surface area contributed by atoms with Crippen LogP contribution in [0.4, 0.5) is 5.69 Å². The molecule has 1 heterocycles. The normalized spacial score (nSPS) is 11.1. The van der Waals surface area contributed by atoms with Crippen molar-refractivity contribution in [3.63, 3.8) is 0 Å². The average molecular weight is 555 g/mol. The molecule has 0 aliphatic rings. The van der Waals surface area contributed by atoms with Gasteiger partial charge in [-0.3, -0.25) is 14.9 Å². The summed E-state index contributed by atoms with van der Waals surface area (Å²) in [6, 6.07) is 23.9. The number of para-hydroxylation sites is 1. The van der Waals surface area contributed by atoms with Gasteiger partial charge < -0.3 is 9.47 Å². The van der Waals surface area contributed by atoms with Crippen molar-refractivity contribution in [1.82, 2.24) is 9.66 Å². The number of carbonyl (C=O) groups excluding carboxylic acids is 1. The SMILES string of the molecule is COc1ccc(Cl)cc1C(=O)Oc1ccc([N+](=O)[O-])cc1C=Nn1c(-c2ccccc2)nc2ccccc2c1=O. The molecule has 0 saturated carbocycles. The Morgan fingerprint density at radius 1 is 1.00 bits per heavy atom. The van der Waals surface area contributed by atoms with E-state index in [9.17, 15) is 19.7 Å². The van der Waals surface area contributed by atoms with E-state index >= 15 is 0 Å². The Morgan fingerprint density at radius 2 is 1.73 bits per heavy atom. The molecule has 10 nitrogen and oxygen atoms in total. The zero-order chi connectivity index (χ0) is 28.2. The zero-order valence-corrected chi connectivity index (χ0v) is 21.6. The van der Waals surface area contributed by atoms with E-state index in [2.05, 4.69) is 10.1 Å². The summed E-state index contributed by atoms with van der Waals surface area (Å²) in [6.45, 7) is 0. The molecule has 198 valence electrons. The lowest BCUT2D eigenvalue weighted by Gasteiger charge is -2.11. The quantitative estimate of drug-likeness (QED) is 0.0826. The molecule has 5 aromatic rings. The van der Waals surface area contributed by atoms with Crippen LogP contribution < -0.4 is 15.0 Å². The third kappa shape index (κ3) is 5.29. The van der Waals surface area contributed by atoms with Crippen LogP contribution in [0, 0.1) is 10.1 Å². The molecular weight excluding hydrogens is 536 g/mol. The standard InChI is InChI=1S/C29H19ClN4O6/c1-39-26-13-11-20(30)16-23(26)29(36)40-25-14-12-21(34(37)38)15-19(25)17-31-33-27(18-7-3-2-4-8-18)32-24-10-6-5-9-22(24)28(33)35/h2-17H,1H3. The second-order valence-corrected chi connectivity index (χ2v) is 8.83. The van der Waals surface area contributed by atoms with Crippen LogP contribution in [0.3, 0.4) is 0 Å². The number of methoxy groups -OCH3 is 1. The molecule has 1 aromatic heterocycles. The molecule has 0 spiro atoms. The van der Waals surface area contributed by atoms with Gasteiger partial charge in [-0.05, 0) is 36.4 Å². The largest absolute Gasteiger partial charge is 0.496 e. The van der Waals surface area contributed by atoms with E-state index < -0.39 is 16.5 Å². The number of carbonyl (C=O) groups is 1. The van der Waals surface area contributed by atoms with Crippen LogP contribution >= 0.6 is 11.6 Å². The van der Waals surface area contributed by atoms with Crippen molar-refractivity contribution >= 4 is 40.4 Å². The predicted octanol–water partition coefficient (Wildman–Crippen LogP) is 5.74. The molecule has 0 aliphatic heterocycles. The lowest BCUT2D eigenvalue weighted by atomic mass is 10.1. The van der Waals surface area contributed by atoms with E-state index in [1.165, 1.54) is 43.7 Å². The Hall–Kier alpha value is -5.35. The highest BCUT2D eigenvalue weighted by Gasteiger charge is 2.19. The number of hydrogen-bond donors (Lipinski definition) is 0. The number of fused-ring (bicyclic) bond motifs is 1. The third-order valence-corrected chi connectivity index (χ3v) is 6.12. The second-order valence-electron chi connectivity index (χ2n) is 8.39. The van der Waals surface area contributed by atoms with Gasteiger partial charge in [-0.15, -0.1) is 0 Å². The first-order valence-electron chi connectivity index (χ1n) is 11.8. The summed E-state index contributed by atoms with van der Waals surface area (Å²) in [6.07, 6.45) is 1.20. The highest BCUT2D eigenvalue weighted by atomic mass is 35.5. The monoisotopic (exact) mass is 554 g/mol. The summed E-state index contributed by atoms with van der Waals surface area (Å²) in [5.74, 6) is -0.359. The van der Waals surface area contributed by atoms with Crippen LogP contribution in [0.1, 0.15) is 15.9 Å². The minimum Gasteiger partial charge on any atom is -0.496 e. The Labute approximate surface area is 231 Å². The van der Waals surface area contributed by atoms with E-state index in [4.69, 9.17) is 21.1 Å². The van der Waals surface area contributed by atoms with Crippen LogP contribution in [-0.2, 0) is 0 Å². The van der Waals surface area contributed by atoms with Gasteiger partial charge in [0, 0.05) is 28.3 Å². The van der Waals surface area contributed by atoms with Gasteiger partial charge in [0.25, 0.3) is 11.2 Å². The fourth-order valence-electron chi connectivity index (χ4n) is 3.96. The number of halogens is 1. The lowest BCUT2D eigenvalue weighted by Crippen LogP contribution is -2.20. The minimum absolute atomic E-state index is 0.0376. The van der Waals surface area contributed by atoms with E-state index in [1.54, 1.807) is 54.6 Å². The lowest BCUT2D eigenvalue weighted by molar-refractivity contribution is -0.384. The van der Waals surface area contributed by atoms with Crippen LogP contribution in [0.2, 0.25) is 5.02 Å². The number of hydrogen-bond acceptors (Lipinski definition) is 8. The van der Waals surface area contributed by atoms with Gasteiger partial charge in [0.1, 0.15) is 17.1 Å². The van der Waals surface area contributed by atoms with E-state index in [-0.39, 0.29) is 39.2 Å². The molecule has 0 aliphatic carbocycles. The van der Waals surface area contributed by atoms with Crippen molar-refractivity contribution in [2.75, 3.05) is 7.11 Å². The number of ether oxygens (including phenoxy) is 2. The Balaban J connectivity index is 1.62. The Morgan fingerprint density at radius 3 is 2.48 bits per heavy atom. The maximum absolute atomic E-state index is 13.5. The summed E-state index contributed by atoms with van der Waals surface area (Å²) in [5, 5.41) is 16.5. The number of rotatable bonds is 7. The van der Waals surface area contributed by atoms with Crippen LogP contribution in [0.15, 0.2) is 101 Å². The molecule has 0 atom stereocenters. The first-order chi connectivity index (χ1) is 19.4. The highest BCUT2D eigenvalue weighted by molar-refractivity contribution is 6.31. The second kappa shape index (κ2) is 11.2. The van der Waals surface area contributed by atoms with Crippen molar-refractivity contribution < 1.29 is 19.2 Å². The van der Waals surface area contributed by atoms with Gasteiger partial charge in [-0.2, -0.15) is 9.78 Å². The first kappa shape index (κ1) is 26.3. The molecule has 4 aromatic carbocycles. The zero-order valence-electron chi connectivity index (χ0n) is 20.9. The molecule has 0 bridgehead atoms. The van der Waals surface area contributed by atoms with Gasteiger partial charge in [0.05, 0.1) is 29.2 Å². The van der Waals surface area contributed by atoms with Crippen molar-refractivity contribution in [2.45, 2.75) is 0 Å². The number of aromatic nitrogens is 2. The molecule has 0 fully saturated rings. The number of benzene rings is 4. The highest BCUT2D eigenvalue weighted by Crippen LogP contribution is 2.28. The number of esters is 1. The van der Waals surface area contributed by atoms with E-state index in [1.807, 2.05) is 6.07 Å². The maximum Gasteiger partial charge on any atom is 0.347 e. The van der Waals surface area contributed by atoms with E-state index in [0.717, 1.165) is 4.68 Å². The summed E-state index contributed by atoms with van der Waals surface area (Å²) >= 11 is 6.05. The molecule has 0 N–H and O–H groups in total. The summed E-state index contributed by atoms with van der Waals surface area (Å²) in [7, 11) is 1.39. The molecule has 0 amide bonds. The Kier molecular flexibility index (Phi) is 7.34. The molecular formula is C29H19ClN4O6.